The lowest BCUT2D eigenvalue weighted by Gasteiger charge is -2.40. The highest BCUT2D eigenvalue weighted by molar-refractivity contribution is 6.11. The third-order valence-electron chi connectivity index (χ3n) is 7.28. The second kappa shape index (κ2) is 11.1. The van der Waals surface area contributed by atoms with Crippen LogP contribution in [0.25, 0.3) is 0 Å². The molecule has 0 aromatic heterocycles. The highest BCUT2D eigenvalue weighted by Crippen LogP contribution is 2.48. The molecule has 1 amide bonds. The fourth-order valence-electron chi connectivity index (χ4n) is 5.03. The number of carbonyl (C=O) groups is 1. The van der Waals surface area contributed by atoms with Crippen LogP contribution < -0.4 is 14.5 Å². The molecule has 4 rings (SSSR count). The van der Waals surface area contributed by atoms with Gasteiger partial charge in [-0.2, -0.15) is 0 Å². The zero-order chi connectivity index (χ0) is 27.6. The van der Waals surface area contributed by atoms with Crippen LogP contribution in [0.15, 0.2) is 47.6 Å². The van der Waals surface area contributed by atoms with Crippen LogP contribution in [0.5, 0.6) is 23.0 Å². The van der Waals surface area contributed by atoms with Crippen LogP contribution in [-0.2, 0) is 18.0 Å². The van der Waals surface area contributed by atoms with Gasteiger partial charge in [0, 0.05) is 23.6 Å². The van der Waals surface area contributed by atoms with Gasteiger partial charge in [0.15, 0.2) is 5.75 Å². The van der Waals surface area contributed by atoms with Crippen LogP contribution >= 0.6 is 0 Å². The van der Waals surface area contributed by atoms with Crippen molar-refractivity contribution < 1.29 is 40.0 Å². The molecule has 2 unspecified atom stereocenters. The predicted octanol–water partition coefficient (Wildman–Crippen LogP) is 5.57. The Morgan fingerprint density at radius 2 is 1.92 bits per heavy atom. The van der Waals surface area contributed by atoms with Crippen LogP contribution in [-0.4, -0.2) is 38.2 Å². The van der Waals surface area contributed by atoms with Gasteiger partial charge in [-0.25, -0.2) is 5.26 Å². The van der Waals surface area contributed by atoms with Gasteiger partial charge in [-0.1, -0.05) is 23.3 Å². The molecule has 0 aliphatic carbocycles. The Kier molecular flexibility index (Phi) is 8.01. The predicted molar refractivity (Wildman–Crippen MR) is 141 cm³/mol. The van der Waals surface area contributed by atoms with E-state index in [0.717, 1.165) is 12.8 Å². The quantitative estimate of drug-likeness (QED) is 0.190. The molecule has 0 saturated carbocycles. The number of phenols is 2. The first-order chi connectivity index (χ1) is 18.0. The second-order valence-electron chi connectivity index (χ2n) is 10.5. The summed E-state index contributed by atoms with van der Waals surface area (Å²) >= 11 is 0. The summed E-state index contributed by atoms with van der Waals surface area (Å²) in [5, 5.41) is 44.1. The van der Waals surface area contributed by atoms with E-state index >= 15 is 0 Å². The van der Waals surface area contributed by atoms with Crippen LogP contribution in [0, 0.1) is 0 Å². The minimum absolute atomic E-state index is 0.0698. The average Bonchev–Trinajstić information content (AvgIpc) is 3.17. The maximum Gasteiger partial charge on any atom is 0.259 e. The molecule has 9 nitrogen and oxygen atoms in total. The molecule has 2 heterocycles. The zero-order valence-electron chi connectivity index (χ0n) is 22.2. The van der Waals surface area contributed by atoms with E-state index in [1.54, 1.807) is 0 Å². The monoisotopic (exact) mass is 525 g/mol. The van der Waals surface area contributed by atoms with Gasteiger partial charge >= 0.3 is 0 Å². The molecule has 2 aromatic rings. The Morgan fingerprint density at radius 3 is 2.63 bits per heavy atom. The van der Waals surface area contributed by atoms with E-state index in [2.05, 4.69) is 38.0 Å². The van der Waals surface area contributed by atoms with Crippen LogP contribution in [0.1, 0.15) is 74.9 Å². The number of aliphatic hydroxyl groups is 1. The van der Waals surface area contributed by atoms with E-state index in [0.29, 0.717) is 29.7 Å². The molecule has 2 atom stereocenters. The van der Waals surface area contributed by atoms with E-state index in [4.69, 9.17) is 14.9 Å². The van der Waals surface area contributed by atoms with Crippen molar-refractivity contribution in [2.45, 2.75) is 78.0 Å². The first-order valence-corrected chi connectivity index (χ1v) is 12.7. The Morgan fingerprint density at radius 1 is 1.16 bits per heavy atom. The van der Waals surface area contributed by atoms with Crippen molar-refractivity contribution >= 4 is 11.6 Å². The number of rotatable bonds is 9. The number of carbonyl (C=O) groups excluding carboxylic acids is 1. The van der Waals surface area contributed by atoms with E-state index in [-0.39, 0.29) is 41.5 Å². The van der Waals surface area contributed by atoms with E-state index < -0.39 is 17.6 Å². The molecule has 0 fully saturated rings. The van der Waals surface area contributed by atoms with E-state index in [1.807, 2.05) is 6.92 Å². The molecular weight excluding hydrogens is 490 g/mol. The largest absolute Gasteiger partial charge is 0.508 e. The lowest BCUT2D eigenvalue weighted by atomic mass is 9.84. The van der Waals surface area contributed by atoms with Crippen molar-refractivity contribution in [3.05, 3.63) is 64.3 Å². The lowest BCUT2D eigenvalue weighted by molar-refractivity contribution is -0.438. The number of anilines is 1. The topological polar surface area (TPSA) is 129 Å². The molecule has 2 aliphatic rings. The minimum atomic E-state index is -0.917. The van der Waals surface area contributed by atoms with Crippen LogP contribution in [0.2, 0.25) is 0 Å². The highest BCUT2D eigenvalue weighted by atomic mass is 17.5. The molecule has 2 aliphatic heterocycles. The van der Waals surface area contributed by atoms with E-state index in [9.17, 15) is 20.1 Å². The van der Waals surface area contributed by atoms with Gasteiger partial charge in [-0.3, -0.25) is 4.79 Å². The standard InChI is InChI=1S/C29H35NO8/c1-17(2)7-5-8-18(3)9-6-12-29(4)26(33)15-21-24(32)14-20-22(27(21)36-29)16-30(28(20)34)23-11-10-19(31)13-25(23)37-38-35/h7,9-11,13-14,26,31-33,35H,5-6,8,12,15-16H2,1-4H3/b18-9+. The summed E-state index contributed by atoms with van der Waals surface area (Å²) < 4.78 is 6.42. The van der Waals surface area contributed by atoms with Crippen molar-refractivity contribution in [3.63, 3.8) is 0 Å². The SMILES string of the molecule is CC(C)=CCC/C(C)=C/CCC1(C)Oc2c(c(O)cc3c2CN(c2ccc(O)cc2OOO)C3=O)CC1O. The third-order valence-corrected chi connectivity index (χ3v) is 7.28. The summed E-state index contributed by atoms with van der Waals surface area (Å²) in [7, 11) is 0. The highest BCUT2D eigenvalue weighted by Gasteiger charge is 2.44. The molecule has 0 bridgehead atoms. The number of allylic oxidation sites excluding steroid dienone is 4. The summed E-state index contributed by atoms with van der Waals surface area (Å²) in [6, 6.07) is 5.42. The van der Waals surface area contributed by atoms with Crippen molar-refractivity contribution in [2.75, 3.05) is 4.90 Å². The summed E-state index contributed by atoms with van der Waals surface area (Å²) in [5.41, 5.74) is 3.20. The van der Waals surface area contributed by atoms with Gasteiger partial charge < -0.3 is 29.8 Å². The van der Waals surface area contributed by atoms with Crippen molar-refractivity contribution in [3.8, 4) is 23.0 Å². The van der Waals surface area contributed by atoms with Crippen molar-refractivity contribution in [1.82, 2.24) is 0 Å². The molecule has 38 heavy (non-hydrogen) atoms. The number of hydrogen-bond donors (Lipinski definition) is 4. The molecule has 9 heteroatoms. The third kappa shape index (κ3) is 5.50. The number of aliphatic hydroxyl groups excluding tert-OH is 1. The summed E-state index contributed by atoms with van der Waals surface area (Å²) in [6.45, 7) is 8.22. The number of benzene rings is 2. The molecule has 4 N–H and O–H groups in total. The molecule has 0 radical (unpaired) electrons. The zero-order valence-corrected chi connectivity index (χ0v) is 22.2. The van der Waals surface area contributed by atoms with Crippen LogP contribution in [0.4, 0.5) is 5.69 Å². The number of nitrogens with zero attached hydrogens (tertiary/aromatic N) is 1. The first-order valence-electron chi connectivity index (χ1n) is 12.7. The average molecular weight is 526 g/mol. The summed E-state index contributed by atoms with van der Waals surface area (Å²) in [6.07, 6.45) is 6.96. The van der Waals surface area contributed by atoms with Gasteiger partial charge in [0.25, 0.3) is 5.91 Å². The smallest absolute Gasteiger partial charge is 0.259 e. The Balaban J connectivity index is 1.59. The van der Waals surface area contributed by atoms with Crippen molar-refractivity contribution in [2.24, 2.45) is 0 Å². The lowest BCUT2D eigenvalue weighted by Crippen LogP contribution is -2.49. The molecule has 2 aromatic carbocycles. The fourth-order valence-corrected chi connectivity index (χ4v) is 5.03. The number of hydrogen-bond acceptors (Lipinski definition) is 8. The van der Waals surface area contributed by atoms with Gasteiger partial charge in [-0.15, -0.1) is 0 Å². The number of ether oxygens (including phenoxy) is 1. The number of fused-ring (bicyclic) bond motifs is 3. The maximum atomic E-state index is 13.4. The minimum Gasteiger partial charge on any atom is -0.508 e. The van der Waals surface area contributed by atoms with E-state index in [1.165, 1.54) is 40.3 Å². The van der Waals surface area contributed by atoms with Gasteiger partial charge in [0.2, 0.25) is 0 Å². The number of aromatic hydroxyl groups is 2. The first kappa shape index (κ1) is 27.5. The Hall–Kier alpha value is -3.53. The van der Waals surface area contributed by atoms with Gasteiger partial charge in [0.05, 0.1) is 23.9 Å². The Bertz CT molecular complexity index is 1280. The summed E-state index contributed by atoms with van der Waals surface area (Å²) in [4.78, 5) is 19.5. The molecule has 0 saturated heterocycles. The number of amides is 1. The second-order valence-corrected chi connectivity index (χ2v) is 10.5. The molecule has 0 spiro atoms. The normalized spacial score (nSPS) is 20.6. The van der Waals surface area contributed by atoms with Crippen LogP contribution in [0.3, 0.4) is 0 Å². The van der Waals surface area contributed by atoms with Crippen molar-refractivity contribution in [1.29, 1.82) is 0 Å². The Labute approximate surface area is 222 Å². The van der Waals surface area contributed by atoms with Gasteiger partial charge in [-0.05, 0) is 76.6 Å². The maximum absolute atomic E-state index is 13.4. The fraction of sp³-hybridized carbons (Fsp3) is 0.414. The molecular formula is C29H35NO8. The molecule has 204 valence electrons. The summed E-state index contributed by atoms with van der Waals surface area (Å²) in [5.74, 6) is -0.356. The van der Waals surface area contributed by atoms with Gasteiger partial charge in [0.1, 0.15) is 22.8 Å². The number of phenolic OH excluding ortho intramolecular Hbond substituents is 2.